The van der Waals surface area contributed by atoms with Crippen LogP contribution in [0.1, 0.15) is 12.5 Å². The largest absolute Gasteiger partial charge is 0.436 e. The maximum Gasteiger partial charge on any atom is 0.233 e. The lowest BCUT2D eigenvalue weighted by Gasteiger charge is -1.97. The van der Waals surface area contributed by atoms with Gasteiger partial charge in [-0.15, -0.1) is 0 Å². The van der Waals surface area contributed by atoms with Crippen molar-refractivity contribution in [1.29, 1.82) is 0 Å². The fraction of sp³-hybridized carbons (Fsp3) is 0.200. The van der Waals surface area contributed by atoms with Crippen molar-refractivity contribution < 1.29 is 8.98 Å². The number of oxazole rings is 1. The predicted molar refractivity (Wildman–Crippen MR) is 82.2 cm³/mol. The number of fused-ring (bicyclic) bond motifs is 1. The van der Waals surface area contributed by atoms with Crippen LogP contribution in [0.2, 0.25) is 0 Å². The number of halogens is 1. The number of aryl methyl sites for hydroxylation is 2. The van der Waals surface area contributed by atoms with Crippen molar-refractivity contribution in [2.24, 2.45) is 0 Å². The van der Waals surface area contributed by atoms with E-state index in [1.165, 1.54) is 0 Å². The van der Waals surface area contributed by atoms with Gasteiger partial charge >= 0.3 is 0 Å². The fourth-order valence-electron chi connectivity index (χ4n) is 2.25. The Morgan fingerprint density at radius 1 is 1.30 bits per heavy atom. The molecular weight excluding hydrogens is 318 g/mol. The minimum atomic E-state index is 0.609. The van der Waals surface area contributed by atoms with Gasteiger partial charge in [-0.05, 0) is 53.5 Å². The second kappa shape index (κ2) is 4.90. The smallest absolute Gasteiger partial charge is 0.233 e. The quantitative estimate of drug-likeness (QED) is 0.577. The van der Waals surface area contributed by atoms with Crippen LogP contribution in [0.15, 0.2) is 39.5 Å². The Balaban J connectivity index is 2.19. The van der Waals surface area contributed by atoms with Crippen molar-refractivity contribution in [1.82, 2.24) is 4.98 Å². The highest BCUT2D eigenvalue weighted by Gasteiger charge is 2.14. The molecule has 0 saturated heterocycles. The third-order valence-electron chi connectivity index (χ3n) is 3.20. The molecule has 3 rings (SSSR count). The minimum absolute atomic E-state index is 0.609. The van der Waals surface area contributed by atoms with Gasteiger partial charge in [-0.25, -0.2) is 9.55 Å². The van der Waals surface area contributed by atoms with Gasteiger partial charge in [0.1, 0.15) is 17.6 Å². The summed E-state index contributed by atoms with van der Waals surface area (Å²) in [5.41, 5.74) is 10.1. The molecule has 2 heterocycles. The lowest BCUT2D eigenvalue weighted by Crippen LogP contribution is -2.31. The van der Waals surface area contributed by atoms with Crippen LogP contribution >= 0.6 is 15.9 Å². The van der Waals surface area contributed by atoms with Crippen LogP contribution in [-0.2, 0) is 6.54 Å². The summed E-state index contributed by atoms with van der Waals surface area (Å²) in [6.45, 7) is 4.95. The second-order valence-electron chi connectivity index (χ2n) is 4.78. The topological polar surface area (TPSA) is 55.9 Å². The van der Waals surface area contributed by atoms with E-state index in [1.807, 2.05) is 37.5 Å². The summed E-state index contributed by atoms with van der Waals surface area (Å²) in [6, 6.07) is 5.72. The van der Waals surface area contributed by atoms with Crippen LogP contribution in [-0.4, -0.2) is 4.98 Å². The average Bonchev–Trinajstić information content (AvgIpc) is 2.82. The molecule has 0 spiro atoms. The molecule has 4 nitrogen and oxygen atoms in total. The van der Waals surface area contributed by atoms with Crippen molar-refractivity contribution in [2.75, 3.05) is 5.73 Å². The summed E-state index contributed by atoms with van der Waals surface area (Å²) in [7, 11) is 0. The van der Waals surface area contributed by atoms with E-state index in [9.17, 15) is 0 Å². The number of hydrogen-bond donors (Lipinski definition) is 1. The molecule has 0 fully saturated rings. The highest BCUT2D eigenvalue weighted by Crippen LogP contribution is 2.28. The third kappa shape index (κ3) is 2.29. The predicted octanol–water partition coefficient (Wildman–Crippen LogP) is 3.46. The zero-order chi connectivity index (χ0) is 14.3. The van der Waals surface area contributed by atoms with E-state index in [-0.39, 0.29) is 0 Å². The Morgan fingerprint density at radius 2 is 2.10 bits per heavy atom. The van der Waals surface area contributed by atoms with Crippen molar-refractivity contribution in [3.05, 3.63) is 40.6 Å². The first kappa shape index (κ1) is 13.1. The van der Waals surface area contributed by atoms with Crippen LogP contribution < -0.4 is 10.3 Å². The van der Waals surface area contributed by atoms with Crippen molar-refractivity contribution >= 4 is 32.7 Å². The lowest BCUT2D eigenvalue weighted by molar-refractivity contribution is -0.693. The molecule has 1 aromatic carbocycles. The maximum atomic E-state index is 5.89. The summed E-state index contributed by atoms with van der Waals surface area (Å²) >= 11 is 3.51. The number of nitrogens with two attached hydrogens (primary N) is 1. The summed E-state index contributed by atoms with van der Waals surface area (Å²) < 4.78 is 8.97. The van der Waals surface area contributed by atoms with Crippen LogP contribution in [0.3, 0.4) is 0 Å². The van der Waals surface area contributed by atoms with E-state index in [4.69, 9.17) is 10.2 Å². The highest BCUT2D eigenvalue weighted by molar-refractivity contribution is 9.10. The zero-order valence-electron chi connectivity index (χ0n) is 11.4. The first-order valence-corrected chi connectivity index (χ1v) is 7.23. The van der Waals surface area contributed by atoms with Gasteiger partial charge in [-0.3, -0.25) is 0 Å². The summed E-state index contributed by atoms with van der Waals surface area (Å²) in [5.74, 6) is 0.609. The Hall–Kier alpha value is -1.88. The molecule has 0 aliphatic rings. The summed E-state index contributed by atoms with van der Waals surface area (Å²) in [5, 5.41) is 0. The molecule has 0 atom stereocenters. The number of rotatable bonds is 2. The number of pyridine rings is 1. The summed E-state index contributed by atoms with van der Waals surface area (Å²) in [6.07, 6.45) is 4.05. The number of nitrogen functional groups attached to an aromatic ring is 1. The molecule has 2 N–H and O–H groups in total. The first-order valence-electron chi connectivity index (χ1n) is 6.43. The van der Waals surface area contributed by atoms with E-state index in [0.29, 0.717) is 11.6 Å². The monoisotopic (exact) mass is 332 g/mol. The molecule has 102 valence electrons. The first-order chi connectivity index (χ1) is 9.56. The maximum absolute atomic E-state index is 5.89. The third-order valence-corrected chi connectivity index (χ3v) is 3.63. The van der Waals surface area contributed by atoms with Gasteiger partial charge in [0, 0.05) is 5.69 Å². The number of anilines is 1. The normalized spacial score (nSPS) is 11.2. The van der Waals surface area contributed by atoms with Crippen LogP contribution in [0.5, 0.6) is 0 Å². The Morgan fingerprint density at radius 3 is 2.85 bits per heavy atom. The van der Waals surface area contributed by atoms with Crippen LogP contribution in [0.25, 0.3) is 22.6 Å². The lowest BCUT2D eigenvalue weighted by atomic mass is 10.2. The van der Waals surface area contributed by atoms with Crippen LogP contribution in [0.4, 0.5) is 5.69 Å². The Labute approximate surface area is 125 Å². The highest BCUT2D eigenvalue weighted by atomic mass is 79.9. The van der Waals surface area contributed by atoms with Gasteiger partial charge in [-0.1, -0.05) is 0 Å². The average molecular weight is 333 g/mol. The van der Waals surface area contributed by atoms with E-state index < -0.39 is 0 Å². The number of benzene rings is 1. The van der Waals surface area contributed by atoms with E-state index in [1.54, 1.807) is 0 Å². The molecule has 20 heavy (non-hydrogen) atoms. The Kier molecular flexibility index (Phi) is 3.22. The molecule has 0 unspecified atom stereocenters. The molecule has 0 saturated carbocycles. The second-order valence-corrected chi connectivity index (χ2v) is 5.69. The van der Waals surface area contributed by atoms with Crippen molar-refractivity contribution in [2.45, 2.75) is 20.4 Å². The van der Waals surface area contributed by atoms with Crippen molar-refractivity contribution in [3.63, 3.8) is 0 Å². The zero-order valence-corrected chi connectivity index (χ0v) is 12.9. The van der Waals surface area contributed by atoms with E-state index >= 15 is 0 Å². The van der Waals surface area contributed by atoms with Crippen molar-refractivity contribution in [3.8, 4) is 11.5 Å². The van der Waals surface area contributed by atoms with Gasteiger partial charge in [0.15, 0.2) is 18.0 Å². The summed E-state index contributed by atoms with van der Waals surface area (Å²) in [4.78, 5) is 4.54. The van der Waals surface area contributed by atoms with E-state index in [2.05, 4.69) is 32.4 Å². The minimum Gasteiger partial charge on any atom is -0.436 e. The fourth-order valence-corrected chi connectivity index (χ4v) is 2.76. The van der Waals surface area contributed by atoms with E-state index in [0.717, 1.165) is 33.2 Å². The van der Waals surface area contributed by atoms with Gasteiger partial charge in [0.05, 0.1) is 4.47 Å². The molecule has 0 aliphatic carbocycles. The molecule has 2 aromatic heterocycles. The molecular formula is C15H15BrN3O+. The Bertz CT molecular complexity index is 795. The van der Waals surface area contributed by atoms with Gasteiger partial charge in [0.25, 0.3) is 0 Å². The number of hydrogen-bond acceptors (Lipinski definition) is 3. The molecule has 5 heteroatoms. The molecule has 3 aromatic rings. The van der Waals surface area contributed by atoms with Gasteiger partial charge in [-0.2, -0.15) is 0 Å². The van der Waals surface area contributed by atoms with Crippen LogP contribution in [0, 0.1) is 6.92 Å². The molecule has 0 radical (unpaired) electrons. The molecule has 0 aliphatic heterocycles. The molecule has 0 amide bonds. The number of nitrogens with zero attached hydrogens (tertiary/aromatic N) is 2. The van der Waals surface area contributed by atoms with Gasteiger partial charge < -0.3 is 10.2 Å². The standard InChI is InChI=1S/C15H15BrN3O/c1-3-19-7-10(5-11(16)8-19)15-18-13-6-12(17)4-9(2)14(13)20-15/h4-8H,3,17H2,1-2H3/q+1. The SMILES string of the molecule is CC[n+]1cc(Br)cc(-c2nc3cc(N)cc(C)c3o2)c1. The number of aromatic nitrogens is 2. The molecule has 0 bridgehead atoms. The van der Waals surface area contributed by atoms with Gasteiger partial charge in [0.2, 0.25) is 5.89 Å².